The Morgan fingerprint density at radius 2 is 1.71 bits per heavy atom. The molecule has 13 heteroatoms. The first-order chi connectivity index (χ1) is 15.8. The molecule has 2 atom stereocenters. The zero-order chi connectivity index (χ0) is 24.8. The van der Waals surface area contributed by atoms with Crippen molar-refractivity contribution < 1.29 is 31.1 Å². The number of hydrogen-bond acceptors (Lipinski definition) is 3. The van der Waals surface area contributed by atoms with E-state index in [2.05, 4.69) is 15.7 Å². The van der Waals surface area contributed by atoms with Crippen LogP contribution in [0, 0.1) is 0 Å². The Bertz CT molecular complexity index is 1220. The summed E-state index contributed by atoms with van der Waals surface area (Å²) in [5.41, 5.74) is -1.26. The maximum atomic E-state index is 13.8. The van der Waals surface area contributed by atoms with Gasteiger partial charge in [0.1, 0.15) is 5.82 Å². The van der Waals surface area contributed by atoms with Gasteiger partial charge in [0.15, 0.2) is 11.7 Å². The summed E-state index contributed by atoms with van der Waals surface area (Å²) in [6, 6.07) is 7.33. The largest absolute Gasteiger partial charge is 0.417 e. The SMILES string of the molecule is O=C(Nc1ccc(Cl)c(C(F)(F)F)c1)c1cc2n(n1)C(C(F)(F)F)CC(c1ccc(Cl)cc1)N2. The van der Waals surface area contributed by atoms with Gasteiger partial charge < -0.3 is 10.6 Å². The molecule has 3 aromatic rings. The van der Waals surface area contributed by atoms with Crippen LogP contribution in [0.3, 0.4) is 0 Å². The van der Waals surface area contributed by atoms with Gasteiger partial charge in [-0.15, -0.1) is 0 Å². The molecule has 2 unspecified atom stereocenters. The molecule has 0 radical (unpaired) electrons. The summed E-state index contributed by atoms with van der Waals surface area (Å²) in [6.07, 6.45) is -9.82. The number of fused-ring (bicyclic) bond motifs is 1. The van der Waals surface area contributed by atoms with Crippen molar-refractivity contribution in [1.29, 1.82) is 0 Å². The number of nitrogens with one attached hydrogen (secondary N) is 2. The van der Waals surface area contributed by atoms with Gasteiger partial charge >= 0.3 is 12.4 Å². The quantitative estimate of drug-likeness (QED) is 0.360. The number of alkyl halides is 6. The zero-order valence-corrected chi connectivity index (χ0v) is 18.3. The molecule has 5 nitrogen and oxygen atoms in total. The predicted molar refractivity (Wildman–Crippen MR) is 114 cm³/mol. The molecule has 0 saturated carbocycles. The van der Waals surface area contributed by atoms with Crippen molar-refractivity contribution in [1.82, 2.24) is 9.78 Å². The van der Waals surface area contributed by atoms with Gasteiger partial charge in [0, 0.05) is 23.2 Å². The molecule has 4 rings (SSSR count). The highest BCUT2D eigenvalue weighted by Gasteiger charge is 2.46. The van der Waals surface area contributed by atoms with Crippen molar-refractivity contribution in [2.45, 2.75) is 30.9 Å². The van der Waals surface area contributed by atoms with Crippen LogP contribution in [0.15, 0.2) is 48.5 Å². The van der Waals surface area contributed by atoms with Crippen LogP contribution in [0.2, 0.25) is 10.0 Å². The van der Waals surface area contributed by atoms with Gasteiger partial charge in [0.05, 0.1) is 16.6 Å². The second kappa shape index (κ2) is 8.70. The Hall–Kier alpha value is -2.92. The lowest BCUT2D eigenvalue weighted by Crippen LogP contribution is -2.35. The van der Waals surface area contributed by atoms with Crippen LogP contribution >= 0.6 is 23.2 Å². The third-order valence-electron chi connectivity index (χ3n) is 5.22. The summed E-state index contributed by atoms with van der Waals surface area (Å²) in [5.74, 6) is -1.05. The molecule has 0 bridgehead atoms. The summed E-state index contributed by atoms with van der Waals surface area (Å²) < 4.78 is 81.2. The summed E-state index contributed by atoms with van der Waals surface area (Å²) >= 11 is 11.4. The molecule has 1 aliphatic heterocycles. The van der Waals surface area contributed by atoms with E-state index in [1.54, 1.807) is 24.3 Å². The molecule has 1 aliphatic rings. The number of rotatable bonds is 3. The van der Waals surface area contributed by atoms with Crippen LogP contribution in [0.1, 0.15) is 40.1 Å². The molecule has 180 valence electrons. The molecule has 2 N–H and O–H groups in total. The predicted octanol–water partition coefficient (Wildman–Crippen LogP) is 7.12. The van der Waals surface area contributed by atoms with Crippen LogP contribution < -0.4 is 10.6 Å². The van der Waals surface area contributed by atoms with E-state index in [9.17, 15) is 31.1 Å². The minimum absolute atomic E-state index is 0.0641. The highest BCUT2D eigenvalue weighted by atomic mass is 35.5. The first-order valence-electron chi connectivity index (χ1n) is 9.69. The van der Waals surface area contributed by atoms with Crippen molar-refractivity contribution in [2.75, 3.05) is 10.6 Å². The number of anilines is 2. The second-order valence-corrected chi connectivity index (χ2v) is 8.39. The first kappa shape index (κ1) is 24.2. The summed E-state index contributed by atoms with van der Waals surface area (Å²) in [5, 5.41) is 8.77. The van der Waals surface area contributed by atoms with E-state index >= 15 is 0 Å². The molecule has 1 aromatic heterocycles. The van der Waals surface area contributed by atoms with E-state index in [4.69, 9.17) is 23.2 Å². The number of carbonyl (C=O) groups is 1. The zero-order valence-electron chi connectivity index (χ0n) is 16.8. The van der Waals surface area contributed by atoms with E-state index in [1.165, 1.54) is 0 Å². The summed E-state index contributed by atoms with van der Waals surface area (Å²) in [4.78, 5) is 12.6. The lowest BCUT2D eigenvalue weighted by molar-refractivity contribution is -0.173. The maximum absolute atomic E-state index is 13.8. The number of amides is 1. The standard InChI is InChI=1S/C21H14Cl2F6N4O/c22-11-3-1-10(2-4-11)15-8-17(21(27,28)29)33-18(31-15)9-16(32-33)19(34)30-12-5-6-14(23)13(7-12)20(24,25)26/h1-7,9,15,17,31H,8H2,(H,30,34). The van der Waals surface area contributed by atoms with Crippen LogP contribution in [0.4, 0.5) is 37.8 Å². The fourth-order valence-corrected chi connectivity index (χ4v) is 3.96. The number of aromatic nitrogens is 2. The molecule has 0 saturated heterocycles. The highest BCUT2D eigenvalue weighted by Crippen LogP contribution is 2.44. The summed E-state index contributed by atoms with van der Waals surface area (Å²) in [7, 11) is 0. The van der Waals surface area contributed by atoms with E-state index in [-0.39, 0.29) is 11.5 Å². The fourth-order valence-electron chi connectivity index (χ4n) is 3.61. The number of carbonyl (C=O) groups excluding carboxylic acids is 1. The fraction of sp³-hybridized carbons (Fsp3) is 0.238. The van der Waals surface area contributed by atoms with Crippen LogP contribution in [0.5, 0.6) is 0 Å². The van der Waals surface area contributed by atoms with E-state index in [0.29, 0.717) is 21.3 Å². The van der Waals surface area contributed by atoms with Gasteiger partial charge in [-0.3, -0.25) is 4.79 Å². The van der Waals surface area contributed by atoms with Gasteiger partial charge in [-0.05, 0) is 35.9 Å². The van der Waals surface area contributed by atoms with Gasteiger partial charge in [-0.2, -0.15) is 31.4 Å². The average Bonchev–Trinajstić information content (AvgIpc) is 3.17. The van der Waals surface area contributed by atoms with Crippen molar-refractivity contribution in [3.05, 3.63) is 75.4 Å². The van der Waals surface area contributed by atoms with E-state index in [0.717, 1.165) is 18.2 Å². The molecular weight excluding hydrogens is 509 g/mol. The third-order valence-corrected chi connectivity index (χ3v) is 5.81. The monoisotopic (exact) mass is 522 g/mol. The molecule has 0 spiro atoms. The lowest BCUT2D eigenvalue weighted by atomic mass is 9.97. The normalized spacial score (nSPS) is 18.2. The van der Waals surface area contributed by atoms with Gasteiger partial charge in [0.2, 0.25) is 0 Å². The molecular formula is C21H14Cl2F6N4O. The van der Waals surface area contributed by atoms with Gasteiger partial charge in [-0.1, -0.05) is 35.3 Å². The third kappa shape index (κ3) is 4.95. The van der Waals surface area contributed by atoms with Gasteiger partial charge in [-0.25, -0.2) is 4.68 Å². The van der Waals surface area contributed by atoms with Gasteiger partial charge in [0.25, 0.3) is 5.91 Å². The van der Waals surface area contributed by atoms with Crippen LogP contribution in [-0.2, 0) is 6.18 Å². The Morgan fingerprint density at radius 3 is 2.32 bits per heavy atom. The molecule has 0 aliphatic carbocycles. The number of nitrogens with zero attached hydrogens (tertiary/aromatic N) is 2. The average molecular weight is 523 g/mol. The maximum Gasteiger partial charge on any atom is 0.417 e. The molecule has 34 heavy (non-hydrogen) atoms. The van der Waals surface area contributed by atoms with Crippen molar-refractivity contribution in [2.24, 2.45) is 0 Å². The van der Waals surface area contributed by atoms with Crippen molar-refractivity contribution in [3.8, 4) is 0 Å². The highest BCUT2D eigenvalue weighted by molar-refractivity contribution is 6.31. The Labute approximate surface area is 198 Å². The molecule has 0 fully saturated rings. The van der Waals surface area contributed by atoms with Crippen molar-refractivity contribution in [3.63, 3.8) is 0 Å². The number of hydrogen-bond donors (Lipinski definition) is 2. The minimum atomic E-state index is -4.76. The summed E-state index contributed by atoms with van der Waals surface area (Å²) in [6.45, 7) is 0. The molecule has 2 heterocycles. The first-order valence-corrected chi connectivity index (χ1v) is 10.4. The Morgan fingerprint density at radius 1 is 1.03 bits per heavy atom. The van der Waals surface area contributed by atoms with E-state index in [1.807, 2.05) is 0 Å². The minimum Gasteiger partial charge on any atom is -0.363 e. The Kier molecular flexibility index (Phi) is 6.19. The number of halogens is 8. The van der Waals surface area contributed by atoms with Crippen molar-refractivity contribution >= 4 is 40.6 Å². The lowest BCUT2D eigenvalue weighted by Gasteiger charge is -2.33. The molecule has 1 amide bonds. The van der Waals surface area contributed by atoms with Crippen LogP contribution in [0.25, 0.3) is 0 Å². The molecule has 2 aromatic carbocycles. The van der Waals surface area contributed by atoms with E-state index < -0.39 is 53.0 Å². The topological polar surface area (TPSA) is 59.0 Å². The number of benzene rings is 2. The second-order valence-electron chi connectivity index (χ2n) is 7.55. The van der Waals surface area contributed by atoms with Crippen LogP contribution in [-0.4, -0.2) is 21.9 Å². The Balaban J connectivity index is 1.63. The smallest absolute Gasteiger partial charge is 0.363 e.